The Morgan fingerprint density at radius 1 is 1.41 bits per heavy atom. The molecule has 0 radical (unpaired) electrons. The SMILES string of the molecule is CCOc1cc(NCCC(O)(c2nccn2C)C(F)(F)F)ccc1[N+](=O)[O-]. The fraction of sp³-hybridized carbons (Fsp3) is 0.438. The maximum absolute atomic E-state index is 13.5. The van der Waals surface area contributed by atoms with Gasteiger partial charge in [0.25, 0.3) is 0 Å². The largest absolute Gasteiger partial charge is 0.487 e. The van der Waals surface area contributed by atoms with Crippen LogP contribution in [-0.2, 0) is 12.6 Å². The number of hydrogen-bond acceptors (Lipinski definition) is 6. The summed E-state index contributed by atoms with van der Waals surface area (Å²) in [5, 5.41) is 23.9. The summed E-state index contributed by atoms with van der Waals surface area (Å²) in [5.41, 5.74) is -3.06. The van der Waals surface area contributed by atoms with Gasteiger partial charge in [-0.25, -0.2) is 4.98 Å². The predicted molar refractivity (Wildman–Crippen MR) is 90.5 cm³/mol. The molecule has 0 amide bonds. The van der Waals surface area contributed by atoms with Crippen LogP contribution in [0.3, 0.4) is 0 Å². The van der Waals surface area contributed by atoms with Crippen LogP contribution >= 0.6 is 0 Å². The summed E-state index contributed by atoms with van der Waals surface area (Å²) in [7, 11) is 1.36. The second-order valence-electron chi connectivity index (χ2n) is 5.77. The van der Waals surface area contributed by atoms with Gasteiger partial charge in [0, 0.05) is 50.2 Å². The van der Waals surface area contributed by atoms with Crippen LogP contribution in [0.15, 0.2) is 30.6 Å². The van der Waals surface area contributed by atoms with Crippen molar-refractivity contribution in [3.05, 3.63) is 46.5 Å². The molecule has 148 valence electrons. The molecule has 2 rings (SSSR count). The van der Waals surface area contributed by atoms with Gasteiger partial charge in [0.15, 0.2) is 5.75 Å². The van der Waals surface area contributed by atoms with E-state index < -0.39 is 28.9 Å². The fourth-order valence-electron chi connectivity index (χ4n) is 2.58. The van der Waals surface area contributed by atoms with E-state index in [9.17, 15) is 28.4 Å². The van der Waals surface area contributed by atoms with Gasteiger partial charge in [-0.2, -0.15) is 13.2 Å². The first-order valence-electron chi connectivity index (χ1n) is 8.02. The van der Waals surface area contributed by atoms with Crippen LogP contribution in [0.2, 0.25) is 0 Å². The van der Waals surface area contributed by atoms with E-state index in [0.29, 0.717) is 5.69 Å². The Bertz CT molecular complexity index is 809. The lowest BCUT2D eigenvalue weighted by Gasteiger charge is -2.30. The van der Waals surface area contributed by atoms with E-state index in [-0.39, 0.29) is 24.6 Å². The molecule has 0 bridgehead atoms. The average molecular weight is 388 g/mol. The molecular weight excluding hydrogens is 369 g/mol. The molecule has 0 aliphatic carbocycles. The van der Waals surface area contributed by atoms with Crippen molar-refractivity contribution in [2.45, 2.75) is 25.1 Å². The van der Waals surface area contributed by atoms with E-state index in [1.165, 1.54) is 37.6 Å². The number of hydrogen-bond donors (Lipinski definition) is 2. The highest BCUT2D eigenvalue weighted by molar-refractivity contribution is 5.58. The van der Waals surface area contributed by atoms with Crippen molar-refractivity contribution in [3.8, 4) is 5.75 Å². The molecule has 11 heteroatoms. The van der Waals surface area contributed by atoms with Crippen molar-refractivity contribution in [2.24, 2.45) is 7.05 Å². The molecule has 0 fully saturated rings. The molecule has 1 heterocycles. The van der Waals surface area contributed by atoms with E-state index in [1.54, 1.807) is 6.92 Å². The molecule has 2 aromatic rings. The second-order valence-corrected chi connectivity index (χ2v) is 5.77. The quantitative estimate of drug-likeness (QED) is 0.532. The monoisotopic (exact) mass is 388 g/mol. The first-order chi connectivity index (χ1) is 12.6. The summed E-state index contributed by atoms with van der Waals surface area (Å²) in [6, 6.07) is 3.88. The fourth-order valence-corrected chi connectivity index (χ4v) is 2.58. The predicted octanol–water partition coefficient (Wildman–Crippen LogP) is 2.98. The van der Waals surface area contributed by atoms with Crippen LogP contribution < -0.4 is 10.1 Å². The first kappa shape index (κ1) is 20.5. The maximum atomic E-state index is 13.5. The van der Waals surface area contributed by atoms with Crippen LogP contribution in [0.4, 0.5) is 24.5 Å². The third kappa shape index (κ3) is 4.30. The molecule has 1 aromatic carbocycles. The molecule has 0 saturated heterocycles. The highest BCUT2D eigenvalue weighted by Crippen LogP contribution is 2.40. The van der Waals surface area contributed by atoms with Gasteiger partial charge in [-0.15, -0.1) is 0 Å². The minimum Gasteiger partial charge on any atom is -0.487 e. The number of imidazole rings is 1. The Labute approximate surface area is 152 Å². The topological polar surface area (TPSA) is 102 Å². The molecule has 1 aromatic heterocycles. The number of rotatable bonds is 8. The van der Waals surface area contributed by atoms with Crippen molar-refractivity contribution < 1.29 is 27.9 Å². The molecule has 0 saturated carbocycles. The van der Waals surface area contributed by atoms with Gasteiger partial charge in [-0.1, -0.05) is 0 Å². The molecule has 0 aliphatic heterocycles. The first-order valence-corrected chi connectivity index (χ1v) is 8.02. The highest BCUT2D eigenvalue weighted by Gasteiger charge is 2.57. The number of ether oxygens (including phenoxy) is 1. The lowest BCUT2D eigenvalue weighted by molar-refractivity contribution is -0.385. The molecular formula is C16H19F3N4O4. The number of nitro benzene ring substituents is 1. The molecule has 8 nitrogen and oxygen atoms in total. The van der Waals surface area contributed by atoms with Crippen LogP contribution in [-0.4, -0.2) is 38.9 Å². The standard InChI is InChI=1S/C16H19F3N4O4/c1-3-27-13-10-11(4-5-12(13)23(25)26)20-7-6-15(24,16(17,18)19)14-21-8-9-22(14)2/h4-5,8-10,20,24H,3,6-7H2,1-2H3. The lowest BCUT2D eigenvalue weighted by atomic mass is 9.97. The van der Waals surface area contributed by atoms with Gasteiger partial charge in [-0.3, -0.25) is 10.1 Å². The summed E-state index contributed by atoms with van der Waals surface area (Å²) >= 11 is 0. The van der Waals surface area contributed by atoms with E-state index >= 15 is 0 Å². The Kier molecular flexibility index (Phi) is 5.94. The summed E-state index contributed by atoms with van der Waals surface area (Å²) in [6.45, 7) is 1.59. The number of anilines is 1. The molecule has 2 N–H and O–H groups in total. The second kappa shape index (κ2) is 7.82. The van der Waals surface area contributed by atoms with Crippen LogP contribution in [0, 0.1) is 10.1 Å². The van der Waals surface area contributed by atoms with Gasteiger partial charge < -0.3 is 19.7 Å². The molecule has 0 aliphatic rings. The van der Waals surface area contributed by atoms with Gasteiger partial charge in [0.05, 0.1) is 11.5 Å². The summed E-state index contributed by atoms with van der Waals surface area (Å²) in [6.07, 6.45) is -3.16. The van der Waals surface area contributed by atoms with Gasteiger partial charge in [0.1, 0.15) is 5.82 Å². The number of alkyl halides is 3. The third-order valence-corrected chi connectivity index (χ3v) is 3.93. The van der Waals surface area contributed by atoms with Crippen molar-refractivity contribution in [1.82, 2.24) is 9.55 Å². The minimum absolute atomic E-state index is 0.00249. The van der Waals surface area contributed by atoms with Crippen molar-refractivity contribution in [2.75, 3.05) is 18.5 Å². The van der Waals surface area contributed by atoms with E-state index in [2.05, 4.69) is 10.3 Å². The zero-order valence-electron chi connectivity index (χ0n) is 14.7. The smallest absolute Gasteiger partial charge is 0.424 e. The third-order valence-electron chi connectivity index (χ3n) is 3.93. The number of aryl methyl sites for hydroxylation is 1. The van der Waals surface area contributed by atoms with Gasteiger partial charge >= 0.3 is 11.9 Å². The number of halogens is 3. The molecule has 27 heavy (non-hydrogen) atoms. The zero-order valence-corrected chi connectivity index (χ0v) is 14.7. The van der Waals surface area contributed by atoms with E-state index in [0.717, 1.165) is 4.57 Å². The lowest BCUT2D eigenvalue weighted by Crippen LogP contribution is -2.45. The number of aliphatic hydroxyl groups is 1. The highest BCUT2D eigenvalue weighted by atomic mass is 19.4. The van der Waals surface area contributed by atoms with Crippen LogP contribution in [0.5, 0.6) is 5.75 Å². The Balaban J connectivity index is 2.17. The molecule has 1 unspecified atom stereocenters. The summed E-state index contributed by atoms with van der Waals surface area (Å²) < 4.78 is 46.7. The maximum Gasteiger partial charge on any atom is 0.424 e. The number of nitrogens with one attached hydrogen (secondary N) is 1. The summed E-state index contributed by atoms with van der Waals surface area (Å²) in [4.78, 5) is 14.0. The zero-order chi connectivity index (χ0) is 20.2. The van der Waals surface area contributed by atoms with Crippen molar-refractivity contribution >= 4 is 11.4 Å². The Morgan fingerprint density at radius 2 is 2.11 bits per heavy atom. The average Bonchev–Trinajstić information content (AvgIpc) is 3.00. The molecule has 1 atom stereocenters. The summed E-state index contributed by atoms with van der Waals surface area (Å²) in [5.74, 6) is -0.516. The number of benzene rings is 1. The minimum atomic E-state index is -4.93. The number of nitro groups is 1. The Morgan fingerprint density at radius 3 is 2.63 bits per heavy atom. The Hall–Kier alpha value is -2.82. The number of aromatic nitrogens is 2. The van der Waals surface area contributed by atoms with Gasteiger partial charge in [-0.05, 0) is 13.0 Å². The van der Waals surface area contributed by atoms with Crippen molar-refractivity contribution in [3.63, 3.8) is 0 Å². The normalized spacial score (nSPS) is 13.9. The van der Waals surface area contributed by atoms with Crippen LogP contribution in [0.1, 0.15) is 19.2 Å². The van der Waals surface area contributed by atoms with E-state index in [4.69, 9.17) is 4.74 Å². The van der Waals surface area contributed by atoms with Crippen molar-refractivity contribution in [1.29, 1.82) is 0 Å². The molecule has 0 spiro atoms. The van der Waals surface area contributed by atoms with Gasteiger partial charge in [0.2, 0.25) is 5.60 Å². The number of nitrogens with zero attached hydrogens (tertiary/aromatic N) is 3. The van der Waals surface area contributed by atoms with E-state index in [1.807, 2.05) is 0 Å². The van der Waals surface area contributed by atoms with Crippen LogP contribution in [0.25, 0.3) is 0 Å².